The molecule has 0 atom stereocenters. The number of benzene rings is 2. The van der Waals surface area contributed by atoms with Crippen molar-refractivity contribution in [1.82, 2.24) is 9.55 Å². The molecule has 0 aliphatic carbocycles. The lowest BCUT2D eigenvalue weighted by Gasteiger charge is -2.12. The van der Waals surface area contributed by atoms with Crippen LogP contribution in [0.5, 0.6) is 5.75 Å². The molecule has 2 aromatic heterocycles. The molecule has 29 heavy (non-hydrogen) atoms. The molecule has 2 heterocycles. The predicted molar refractivity (Wildman–Crippen MR) is 113 cm³/mol. The molecule has 0 bridgehead atoms. The van der Waals surface area contributed by atoms with Crippen LogP contribution in [0.4, 0.5) is 0 Å². The first-order valence-electron chi connectivity index (χ1n) is 9.74. The standard InChI is InChI=1S/C24H24N2O3/c1-18-10-11-21(29-18)12-13-26-17-25-23(19-6-3-2-4-7-19)24(26)20-8-5-9-22(16-20)28-15-14-27/h2-11,16-17,27H,12-15H2,1H3. The second-order valence-electron chi connectivity index (χ2n) is 6.86. The molecule has 0 saturated carbocycles. The highest BCUT2D eigenvalue weighted by molar-refractivity contribution is 5.79. The average Bonchev–Trinajstić information content (AvgIpc) is 3.37. The Morgan fingerprint density at radius 3 is 2.59 bits per heavy atom. The number of rotatable bonds is 8. The molecule has 5 nitrogen and oxygen atoms in total. The SMILES string of the molecule is Cc1ccc(CCn2cnc(-c3ccccc3)c2-c2cccc(OCCO)c2)o1. The van der Waals surface area contributed by atoms with Crippen molar-refractivity contribution >= 4 is 0 Å². The Bertz CT molecular complexity index is 1070. The molecule has 2 aromatic carbocycles. The Balaban J connectivity index is 1.71. The molecule has 5 heteroatoms. The first-order valence-corrected chi connectivity index (χ1v) is 9.74. The molecular weight excluding hydrogens is 364 g/mol. The molecule has 0 amide bonds. The summed E-state index contributed by atoms with van der Waals surface area (Å²) in [6.45, 7) is 2.97. The van der Waals surface area contributed by atoms with E-state index in [-0.39, 0.29) is 13.2 Å². The third-order valence-corrected chi connectivity index (χ3v) is 4.75. The van der Waals surface area contributed by atoms with Gasteiger partial charge in [0.15, 0.2) is 0 Å². The van der Waals surface area contributed by atoms with Crippen molar-refractivity contribution in [3.63, 3.8) is 0 Å². The van der Waals surface area contributed by atoms with E-state index in [4.69, 9.17) is 19.2 Å². The lowest BCUT2D eigenvalue weighted by Crippen LogP contribution is -2.03. The van der Waals surface area contributed by atoms with E-state index in [1.807, 2.05) is 61.8 Å². The van der Waals surface area contributed by atoms with Crippen molar-refractivity contribution in [3.05, 3.63) is 84.6 Å². The van der Waals surface area contributed by atoms with E-state index < -0.39 is 0 Å². The second kappa shape index (κ2) is 8.80. The van der Waals surface area contributed by atoms with Gasteiger partial charge in [-0.15, -0.1) is 0 Å². The number of nitrogens with zero attached hydrogens (tertiary/aromatic N) is 2. The van der Waals surface area contributed by atoms with E-state index in [0.717, 1.165) is 52.8 Å². The maximum atomic E-state index is 9.05. The quantitative estimate of drug-likeness (QED) is 0.474. The number of aromatic nitrogens is 2. The van der Waals surface area contributed by atoms with E-state index in [0.29, 0.717) is 0 Å². The van der Waals surface area contributed by atoms with Gasteiger partial charge in [-0.25, -0.2) is 4.98 Å². The number of aliphatic hydroxyl groups excluding tert-OH is 1. The molecular formula is C24H24N2O3. The van der Waals surface area contributed by atoms with Gasteiger partial charge in [-0.2, -0.15) is 0 Å². The Hall–Kier alpha value is -3.31. The lowest BCUT2D eigenvalue weighted by molar-refractivity contribution is 0.201. The van der Waals surface area contributed by atoms with Crippen LogP contribution >= 0.6 is 0 Å². The van der Waals surface area contributed by atoms with Gasteiger partial charge in [0.2, 0.25) is 0 Å². The highest BCUT2D eigenvalue weighted by atomic mass is 16.5. The summed E-state index contributed by atoms with van der Waals surface area (Å²) in [5.74, 6) is 2.61. The lowest BCUT2D eigenvalue weighted by atomic mass is 10.0. The summed E-state index contributed by atoms with van der Waals surface area (Å²) in [6, 6.07) is 22.1. The summed E-state index contributed by atoms with van der Waals surface area (Å²) < 4.78 is 13.5. The summed E-state index contributed by atoms with van der Waals surface area (Å²) in [5.41, 5.74) is 4.05. The van der Waals surface area contributed by atoms with Gasteiger partial charge in [0.1, 0.15) is 23.9 Å². The van der Waals surface area contributed by atoms with Gasteiger partial charge in [-0.3, -0.25) is 0 Å². The van der Waals surface area contributed by atoms with E-state index in [1.54, 1.807) is 0 Å². The maximum Gasteiger partial charge on any atom is 0.120 e. The number of aryl methyl sites for hydroxylation is 3. The third-order valence-electron chi connectivity index (χ3n) is 4.75. The Labute approximate surface area is 170 Å². The summed E-state index contributed by atoms with van der Waals surface area (Å²) in [7, 11) is 0. The molecule has 0 radical (unpaired) electrons. The minimum absolute atomic E-state index is 0.0139. The minimum atomic E-state index is -0.0139. The molecule has 0 spiro atoms. The monoisotopic (exact) mass is 388 g/mol. The zero-order valence-electron chi connectivity index (χ0n) is 16.4. The van der Waals surface area contributed by atoms with Crippen LogP contribution in [0.25, 0.3) is 22.5 Å². The van der Waals surface area contributed by atoms with Crippen LogP contribution < -0.4 is 4.74 Å². The molecule has 0 aliphatic rings. The van der Waals surface area contributed by atoms with Crippen molar-refractivity contribution in [3.8, 4) is 28.3 Å². The van der Waals surface area contributed by atoms with Crippen molar-refractivity contribution in [2.75, 3.05) is 13.2 Å². The van der Waals surface area contributed by atoms with Crippen LogP contribution in [0.1, 0.15) is 11.5 Å². The van der Waals surface area contributed by atoms with Crippen molar-refractivity contribution in [1.29, 1.82) is 0 Å². The zero-order valence-corrected chi connectivity index (χ0v) is 16.4. The van der Waals surface area contributed by atoms with Gasteiger partial charge < -0.3 is 18.8 Å². The fourth-order valence-corrected chi connectivity index (χ4v) is 3.41. The summed E-state index contributed by atoms with van der Waals surface area (Å²) in [5, 5.41) is 9.05. The van der Waals surface area contributed by atoms with E-state index >= 15 is 0 Å². The van der Waals surface area contributed by atoms with Crippen LogP contribution in [-0.2, 0) is 13.0 Å². The Kier molecular flexibility index (Phi) is 5.77. The number of aliphatic hydroxyl groups is 1. The zero-order chi connectivity index (χ0) is 20.1. The topological polar surface area (TPSA) is 60.4 Å². The van der Waals surface area contributed by atoms with Crippen LogP contribution in [0.2, 0.25) is 0 Å². The van der Waals surface area contributed by atoms with Crippen LogP contribution in [0.15, 0.2) is 77.5 Å². The van der Waals surface area contributed by atoms with E-state index in [1.165, 1.54) is 0 Å². The Morgan fingerprint density at radius 1 is 1.00 bits per heavy atom. The number of hydrogen-bond acceptors (Lipinski definition) is 4. The molecule has 148 valence electrons. The summed E-state index contributed by atoms with van der Waals surface area (Å²) >= 11 is 0. The van der Waals surface area contributed by atoms with Crippen LogP contribution in [-0.4, -0.2) is 27.9 Å². The van der Waals surface area contributed by atoms with Gasteiger partial charge in [-0.05, 0) is 31.2 Å². The summed E-state index contributed by atoms with van der Waals surface area (Å²) in [4.78, 5) is 4.72. The van der Waals surface area contributed by atoms with Gasteiger partial charge >= 0.3 is 0 Å². The van der Waals surface area contributed by atoms with Crippen LogP contribution in [0.3, 0.4) is 0 Å². The minimum Gasteiger partial charge on any atom is -0.491 e. The molecule has 0 aliphatic heterocycles. The average molecular weight is 388 g/mol. The highest BCUT2D eigenvalue weighted by Crippen LogP contribution is 2.33. The molecule has 0 saturated heterocycles. The summed E-state index contributed by atoms with van der Waals surface area (Å²) in [6.07, 6.45) is 2.67. The number of ether oxygens (including phenoxy) is 1. The fourth-order valence-electron chi connectivity index (χ4n) is 3.41. The van der Waals surface area contributed by atoms with Gasteiger partial charge in [0, 0.05) is 24.1 Å². The molecule has 4 rings (SSSR count). The van der Waals surface area contributed by atoms with E-state index in [9.17, 15) is 0 Å². The number of imidazole rings is 1. The molecule has 0 unspecified atom stereocenters. The van der Waals surface area contributed by atoms with Crippen molar-refractivity contribution in [2.45, 2.75) is 19.9 Å². The van der Waals surface area contributed by atoms with Gasteiger partial charge in [0.05, 0.1) is 24.3 Å². The fraction of sp³-hybridized carbons (Fsp3) is 0.208. The van der Waals surface area contributed by atoms with E-state index in [2.05, 4.69) is 22.8 Å². The molecule has 4 aromatic rings. The third kappa shape index (κ3) is 4.41. The smallest absolute Gasteiger partial charge is 0.120 e. The predicted octanol–water partition coefficient (Wildman–Crippen LogP) is 4.73. The Morgan fingerprint density at radius 2 is 1.83 bits per heavy atom. The van der Waals surface area contributed by atoms with Crippen LogP contribution in [0, 0.1) is 6.92 Å². The van der Waals surface area contributed by atoms with Crippen molar-refractivity contribution in [2.24, 2.45) is 0 Å². The maximum absolute atomic E-state index is 9.05. The number of furan rings is 1. The first kappa shape index (κ1) is 19.0. The number of hydrogen-bond donors (Lipinski definition) is 1. The largest absolute Gasteiger partial charge is 0.491 e. The van der Waals surface area contributed by atoms with Crippen molar-refractivity contribution < 1.29 is 14.3 Å². The second-order valence-corrected chi connectivity index (χ2v) is 6.86. The van der Waals surface area contributed by atoms with Gasteiger partial charge in [0.25, 0.3) is 0 Å². The normalized spacial score (nSPS) is 11.0. The van der Waals surface area contributed by atoms with Gasteiger partial charge in [-0.1, -0.05) is 42.5 Å². The highest BCUT2D eigenvalue weighted by Gasteiger charge is 2.16. The molecule has 1 N–H and O–H groups in total. The first-order chi connectivity index (χ1) is 14.2. The molecule has 0 fully saturated rings.